The van der Waals surface area contributed by atoms with Gasteiger partial charge in [-0.3, -0.25) is 24.0 Å². The van der Waals surface area contributed by atoms with Gasteiger partial charge in [0.2, 0.25) is 17.6 Å². The van der Waals surface area contributed by atoms with Crippen LogP contribution in [0.3, 0.4) is 0 Å². The van der Waals surface area contributed by atoms with Crippen LogP contribution in [-0.4, -0.2) is 72.1 Å². The predicted octanol–water partition coefficient (Wildman–Crippen LogP) is 2.20. The van der Waals surface area contributed by atoms with Gasteiger partial charge in [0.25, 0.3) is 11.8 Å². The first-order valence-corrected chi connectivity index (χ1v) is 15.3. The zero-order chi connectivity index (χ0) is 31.0. The van der Waals surface area contributed by atoms with Gasteiger partial charge in [0.1, 0.15) is 23.3 Å². The van der Waals surface area contributed by atoms with Crippen molar-refractivity contribution in [3.8, 4) is 17.2 Å². The number of hydrogen-bond acceptors (Lipinski definition) is 7. The molecular formula is C33H38N4O7. The third-order valence-corrected chi connectivity index (χ3v) is 9.41. The molecule has 2 saturated heterocycles. The highest BCUT2D eigenvalue weighted by Crippen LogP contribution is 2.64. The number of carbonyl (C=O) groups excluding carboxylic acids is 5. The van der Waals surface area contributed by atoms with Crippen molar-refractivity contribution in [2.75, 3.05) is 19.7 Å². The Kier molecular flexibility index (Phi) is 8.04. The minimum absolute atomic E-state index is 0.0267. The predicted molar refractivity (Wildman–Crippen MR) is 159 cm³/mol. The summed E-state index contributed by atoms with van der Waals surface area (Å²) in [6.45, 7) is 4.74. The number of nitrogens with one attached hydrogen (secondary N) is 3. The Hall–Kier alpha value is -4.41. The van der Waals surface area contributed by atoms with Crippen molar-refractivity contribution in [1.82, 2.24) is 20.9 Å². The number of fused-ring (bicyclic) bond motifs is 1. The number of nitrogens with zero attached hydrogens (tertiary/aromatic N) is 1. The number of ether oxygens (including phenoxy) is 2. The fourth-order valence-corrected chi connectivity index (χ4v) is 6.59. The molecule has 3 N–H and O–H groups in total. The maximum atomic E-state index is 13.8. The van der Waals surface area contributed by atoms with E-state index in [1.807, 2.05) is 30.3 Å². The lowest BCUT2D eigenvalue weighted by Gasteiger charge is -2.31. The summed E-state index contributed by atoms with van der Waals surface area (Å²) in [5, 5.41) is 8.22. The van der Waals surface area contributed by atoms with Gasteiger partial charge in [0, 0.05) is 25.0 Å². The summed E-state index contributed by atoms with van der Waals surface area (Å²) >= 11 is 0. The molecule has 0 unspecified atom stereocenters. The molecule has 4 fully saturated rings. The largest absolute Gasteiger partial charge is 0.484 e. The van der Waals surface area contributed by atoms with Gasteiger partial charge in [0.05, 0.1) is 6.04 Å². The molecule has 11 heteroatoms. The molecular weight excluding hydrogens is 564 g/mol. The number of hydrogen-bond donors (Lipinski definition) is 3. The van der Waals surface area contributed by atoms with Crippen LogP contribution in [0.25, 0.3) is 0 Å². The summed E-state index contributed by atoms with van der Waals surface area (Å²) in [7, 11) is 0. The number of carbonyl (C=O) groups is 5. The number of Topliss-reactive ketones (excluding diaryl/α,β-unsaturated/α-hetero) is 1. The van der Waals surface area contributed by atoms with Crippen LogP contribution >= 0.6 is 0 Å². The molecule has 232 valence electrons. The Morgan fingerprint density at radius 1 is 0.977 bits per heavy atom. The molecule has 2 aliphatic carbocycles. The van der Waals surface area contributed by atoms with E-state index in [-0.39, 0.29) is 48.1 Å². The van der Waals surface area contributed by atoms with Gasteiger partial charge in [-0.25, -0.2) is 0 Å². The van der Waals surface area contributed by atoms with E-state index in [4.69, 9.17) is 9.47 Å². The number of amides is 4. The lowest BCUT2D eigenvalue weighted by atomic mass is 9.94. The molecule has 6 rings (SSSR count). The fourth-order valence-electron chi connectivity index (χ4n) is 6.59. The van der Waals surface area contributed by atoms with Crippen molar-refractivity contribution < 1.29 is 33.4 Å². The minimum Gasteiger partial charge on any atom is -0.484 e. The van der Waals surface area contributed by atoms with Crippen molar-refractivity contribution in [1.29, 1.82) is 0 Å². The average molecular weight is 603 g/mol. The van der Waals surface area contributed by atoms with Crippen LogP contribution in [0.2, 0.25) is 0 Å². The highest BCUT2D eigenvalue weighted by molar-refractivity contribution is 6.38. The molecule has 0 radical (unpaired) electrons. The van der Waals surface area contributed by atoms with Crippen LogP contribution in [0.5, 0.6) is 17.2 Å². The van der Waals surface area contributed by atoms with E-state index < -0.39 is 35.6 Å². The van der Waals surface area contributed by atoms with Gasteiger partial charge in [-0.15, -0.1) is 0 Å². The minimum atomic E-state index is -1.17. The lowest BCUT2D eigenvalue weighted by molar-refractivity contribution is -0.144. The number of likely N-dealkylation sites (tertiary alicyclic amines) is 1. The van der Waals surface area contributed by atoms with E-state index in [0.29, 0.717) is 36.8 Å². The fraction of sp³-hybridized carbons (Fsp3) is 0.485. The Balaban J connectivity index is 1.11. The van der Waals surface area contributed by atoms with Gasteiger partial charge >= 0.3 is 0 Å². The third kappa shape index (κ3) is 6.27. The summed E-state index contributed by atoms with van der Waals surface area (Å²) in [6.07, 6.45) is 2.17. The molecule has 2 aliphatic heterocycles. The molecule has 4 amide bonds. The van der Waals surface area contributed by atoms with E-state index in [1.165, 1.54) is 4.90 Å². The summed E-state index contributed by atoms with van der Waals surface area (Å²) < 4.78 is 11.6. The van der Waals surface area contributed by atoms with Gasteiger partial charge in [-0.2, -0.15) is 0 Å². The number of ketones is 1. The normalized spacial score (nSPS) is 25.3. The second-order valence-corrected chi connectivity index (χ2v) is 12.8. The monoisotopic (exact) mass is 602 g/mol. The second-order valence-electron chi connectivity index (χ2n) is 12.8. The maximum Gasteiger partial charge on any atom is 0.289 e. The molecule has 2 aromatic rings. The molecule has 2 saturated carbocycles. The van der Waals surface area contributed by atoms with Crippen LogP contribution in [-0.2, 0) is 24.0 Å². The van der Waals surface area contributed by atoms with Crippen molar-refractivity contribution >= 4 is 29.4 Å². The first-order valence-electron chi connectivity index (χ1n) is 15.3. The Morgan fingerprint density at radius 2 is 1.66 bits per heavy atom. The summed E-state index contributed by atoms with van der Waals surface area (Å²) in [5.41, 5.74) is -0.150. The number of rotatable bonds is 12. The van der Waals surface area contributed by atoms with Crippen molar-refractivity contribution in [3.63, 3.8) is 0 Å². The van der Waals surface area contributed by atoms with Gasteiger partial charge < -0.3 is 30.3 Å². The highest BCUT2D eigenvalue weighted by Gasteiger charge is 2.69. The summed E-state index contributed by atoms with van der Waals surface area (Å²) in [5.74, 6) is -1.20. The van der Waals surface area contributed by atoms with Crippen molar-refractivity contribution in [2.45, 2.75) is 57.7 Å². The van der Waals surface area contributed by atoms with Crippen molar-refractivity contribution in [3.05, 3.63) is 54.6 Å². The summed E-state index contributed by atoms with van der Waals surface area (Å²) in [6, 6.07) is 14.3. The van der Waals surface area contributed by atoms with Crippen LogP contribution in [0, 0.1) is 23.2 Å². The molecule has 5 atom stereocenters. The van der Waals surface area contributed by atoms with E-state index in [2.05, 4.69) is 29.8 Å². The molecule has 0 bridgehead atoms. The van der Waals surface area contributed by atoms with Crippen molar-refractivity contribution in [2.24, 2.45) is 23.2 Å². The summed E-state index contributed by atoms with van der Waals surface area (Å²) in [4.78, 5) is 66.9. The van der Waals surface area contributed by atoms with E-state index in [0.717, 1.165) is 12.8 Å². The van der Waals surface area contributed by atoms with E-state index in [9.17, 15) is 24.0 Å². The quantitative estimate of drug-likeness (QED) is 0.316. The number of piperidine rings is 1. The van der Waals surface area contributed by atoms with Crippen LogP contribution in [0.1, 0.15) is 39.5 Å². The second kappa shape index (κ2) is 11.9. The third-order valence-electron chi connectivity index (χ3n) is 9.41. The smallest absolute Gasteiger partial charge is 0.289 e. The van der Waals surface area contributed by atoms with Crippen LogP contribution in [0.4, 0.5) is 0 Å². The first-order chi connectivity index (χ1) is 21.1. The maximum absolute atomic E-state index is 13.8. The zero-order valence-corrected chi connectivity index (χ0v) is 24.9. The molecule has 11 nitrogen and oxygen atoms in total. The molecule has 2 aromatic carbocycles. The lowest BCUT2D eigenvalue weighted by Crippen LogP contribution is -2.56. The highest BCUT2D eigenvalue weighted by atomic mass is 16.5. The van der Waals surface area contributed by atoms with Gasteiger partial charge in [-0.05, 0) is 79.3 Å². The van der Waals surface area contributed by atoms with Gasteiger partial charge in [0.15, 0.2) is 6.61 Å². The average Bonchev–Trinajstić information content (AvgIpc) is 3.78. The molecule has 0 spiro atoms. The molecule has 0 aromatic heterocycles. The Bertz CT molecular complexity index is 1440. The van der Waals surface area contributed by atoms with E-state index in [1.54, 1.807) is 24.3 Å². The number of benzene rings is 2. The van der Waals surface area contributed by atoms with Crippen LogP contribution < -0.4 is 25.4 Å². The number of para-hydroxylation sites is 1. The van der Waals surface area contributed by atoms with E-state index >= 15 is 0 Å². The standard InChI is InChI=1S/C33H38N4O7/c1-33(2)24-17-37(26(38)18-43-21-10-12-23(13-11-21)44-22-6-4-3-5-7-22)28(27(24)33)31(41)36-25(16-19-14-15-34-30(19)40)29(39)32(42)35-20-8-9-20/h3-7,10-13,19-20,24-25,27-28H,8-9,14-18H2,1-2H3,(H,34,40)(H,35,42)(H,36,41)/t19-,24-,25-,27-,28-/m0/s1. The first kappa shape index (κ1) is 29.7. The molecule has 2 heterocycles. The van der Waals surface area contributed by atoms with Gasteiger partial charge in [-0.1, -0.05) is 32.0 Å². The topological polar surface area (TPSA) is 143 Å². The zero-order valence-electron chi connectivity index (χ0n) is 24.9. The Morgan fingerprint density at radius 3 is 2.32 bits per heavy atom. The Labute approximate surface area is 256 Å². The molecule has 44 heavy (non-hydrogen) atoms. The van der Waals surface area contributed by atoms with Crippen LogP contribution in [0.15, 0.2) is 54.6 Å². The SMILES string of the molecule is CC1(C)[C@@H]2[C@@H](C(=O)N[C@@H](C[C@@H]3CCNC3=O)C(=O)C(=O)NC3CC3)N(C(=O)COc3ccc(Oc4ccccc4)cc3)C[C@@H]21. The molecule has 4 aliphatic rings.